The van der Waals surface area contributed by atoms with E-state index < -0.39 is 5.72 Å². The summed E-state index contributed by atoms with van der Waals surface area (Å²) in [6.45, 7) is 3.55. The van der Waals surface area contributed by atoms with Crippen LogP contribution in [0, 0.1) is 0 Å². The molecule has 25 heavy (non-hydrogen) atoms. The molecule has 0 saturated heterocycles. The van der Waals surface area contributed by atoms with Crippen LogP contribution in [0.3, 0.4) is 0 Å². The van der Waals surface area contributed by atoms with E-state index in [1.165, 1.54) is 0 Å². The molecule has 2 atom stereocenters. The van der Waals surface area contributed by atoms with Crippen molar-refractivity contribution in [2.75, 3.05) is 0 Å². The Morgan fingerprint density at radius 1 is 1.32 bits per heavy atom. The molecular weight excluding hydrogens is 336 g/mol. The van der Waals surface area contributed by atoms with E-state index in [2.05, 4.69) is 12.1 Å². The van der Waals surface area contributed by atoms with Crippen LogP contribution in [-0.2, 0) is 0 Å². The summed E-state index contributed by atoms with van der Waals surface area (Å²) in [5.41, 5.74) is 2.24. The zero-order valence-electron chi connectivity index (χ0n) is 14.1. The molecule has 4 rings (SSSR count). The Morgan fingerprint density at radius 3 is 2.80 bits per heavy atom. The fraction of sp³-hybridized carbons (Fsp3) is 0.250. The van der Waals surface area contributed by atoms with E-state index in [4.69, 9.17) is 21.4 Å². The van der Waals surface area contributed by atoms with Crippen LogP contribution >= 0.6 is 11.6 Å². The molecule has 0 aliphatic carbocycles. The normalized spacial score (nSPS) is 25.1. The largest absolute Gasteiger partial charge is 0.513 e. The topological polar surface area (TPSA) is 45.1 Å². The SMILES string of the molecule is CC(O)=CC1(C)Oc2ccc(Cl)cc2C2CC(c3ccccc3)=NN21. The molecule has 2 aliphatic heterocycles. The summed E-state index contributed by atoms with van der Waals surface area (Å²) in [6, 6.07) is 15.8. The lowest BCUT2D eigenvalue weighted by Gasteiger charge is -2.44. The number of halogens is 1. The predicted molar refractivity (Wildman–Crippen MR) is 99.0 cm³/mol. The van der Waals surface area contributed by atoms with Gasteiger partial charge in [-0.05, 0) is 30.7 Å². The molecule has 0 amide bonds. The summed E-state index contributed by atoms with van der Waals surface area (Å²) in [7, 11) is 0. The summed E-state index contributed by atoms with van der Waals surface area (Å²) in [4.78, 5) is 0. The first kappa shape index (κ1) is 16.0. The smallest absolute Gasteiger partial charge is 0.218 e. The maximum atomic E-state index is 9.85. The molecule has 5 heteroatoms. The highest BCUT2D eigenvalue weighted by Gasteiger charge is 2.46. The Morgan fingerprint density at radius 2 is 2.08 bits per heavy atom. The Bertz CT molecular complexity index is 875. The van der Waals surface area contributed by atoms with Gasteiger partial charge < -0.3 is 9.84 Å². The Labute approximate surface area is 152 Å². The first-order valence-corrected chi connectivity index (χ1v) is 8.63. The van der Waals surface area contributed by atoms with E-state index in [0.717, 1.165) is 29.0 Å². The van der Waals surface area contributed by atoms with E-state index in [1.807, 2.05) is 48.3 Å². The molecule has 2 heterocycles. The molecule has 2 aromatic carbocycles. The Hall–Kier alpha value is -2.46. The number of fused-ring (bicyclic) bond motifs is 3. The van der Waals surface area contributed by atoms with Gasteiger partial charge in [0.25, 0.3) is 0 Å². The van der Waals surface area contributed by atoms with Crippen molar-refractivity contribution in [3.63, 3.8) is 0 Å². The standard InChI is InChI=1S/C20H19ClN2O2/c1-13(24)12-20(2)23-18(16-10-15(21)8-9-19(16)25-20)11-17(22-23)14-6-4-3-5-7-14/h3-10,12,18,24H,11H2,1-2H3. The molecule has 0 fully saturated rings. The zero-order chi connectivity index (χ0) is 17.6. The fourth-order valence-corrected chi connectivity index (χ4v) is 3.77. The number of hydrazone groups is 1. The lowest BCUT2D eigenvalue weighted by atomic mass is 9.94. The lowest BCUT2D eigenvalue weighted by molar-refractivity contribution is -0.0697. The highest BCUT2D eigenvalue weighted by atomic mass is 35.5. The number of benzene rings is 2. The third-order valence-electron chi connectivity index (χ3n) is 4.60. The fourth-order valence-electron chi connectivity index (χ4n) is 3.59. The second-order valence-corrected chi connectivity index (χ2v) is 7.04. The van der Waals surface area contributed by atoms with Crippen molar-refractivity contribution in [3.05, 3.63) is 76.5 Å². The van der Waals surface area contributed by atoms with Crippen molar-refractivity contribution >= 4 is 17.3 Å². The molecule has 2 unspecified atom stereocenters. The quantitative estimate of drug-likeness (QED) is 0.766. The average Bonchev–Trinajstić information content (AvgIpc) is 3.03. The van der Waals surface area contributed by atoms with Crippen LogP contribution in [0.2, 0.25) is 5.02 Å². The van der Waals surface area contributed by atoms with Gasteiger partial charge in [-0.3, -0.25) is 0 Å². The van der Waals surface area contributed by atoms with Gasteiger partial charge in [-0.1, -0.05) is 41.9 Å². The van der Waals surface area contributed by atoms with Gasteiger partial charge in [0.05, 0.1) is 17.5 Å². The molecule has 1 N–H and O–H groups in total. The minimum atomic E-state index is -0.860. The number of hydrogen-bond acceptors (Lipinski definition) is 4. The number of ether oxygens (including phenoxy) is 1. The van der Waals surface area contributed by atoms with E-state index in [9.17, 15) is 5.11 Å². The van der Waals surface area contributed by atoms with E-state index in [0.29, 0.717) is 5.02 Å². The summed E-state index contributed by atoms with van der Waals surface area (Å²) in [5.74, 6) is 0.970. The van der Waals surface area contributed by atoms with E-state index in [-0.39, 0.29) is 11.8 Å². The first-order valence-electron chi connectivity index (χ1n) is 8.25. The maximum Gasteiger partial charge on any atom is 0.218 e. The van der Waals surface area contributed by atoms with Crippen LogP contribution in [0.25, 0.3) is 0 Å². The maximum absolute atomic E-state index is 9.85. The second kappa shape index (κ2) is 5.81. The van der Waals surface area contributed by atoms with E-state index >= 15 is 0 Å². The van der Waals surface area contributed by atoms with Crippen LogP contribution in [-0.4, -0.2) is 21.6 Å². The minimum absolute atomic E-state index is 0.0123. The third-order valence-corrected chi connectivity index (χ3v) is 4.83. The van der Waals surface area contributed by atoms with Crippen molar-refractivity contribution in [3.8, 4) is 5.75 Å². The average molecular weight is 355 g/mol. The summed E-state index contributed by atoms with van der Waals surface area (Å²) in [5, 5.41) is 17.3. The van der Waals surface area contributed by atoms with Crippen molar-refractivity contribution < 1.29 is 9.84 Å². The van der Waals surface area contributed by atoms with Gasteiger partial charge in [0.15, 0.2) is 0 Å². The minimum Gasteiger partial charge on any atom is -0.513 e. The van der Waals surface area contributed by atoms with Gasteiger partial charge in [0.2, 0.25) is 5.72 Å². The van der Waals surface area contributed by atoms with E-state index in [1.54, 1.807) is 13.0 Å². The molecule has 0 spiro atoms. The Kier molecular flexibility index (Phi) is 3.73. The lowest BCUT2D eigenvalue weighted by Crippen LogP contribution is -2.50. The van der Waals surface area contributed by atoms with Gasteiger partial charge in [-0.2, -0.15) is 5.10 Å². The Balaban J connectivity index is 1.84. The first-order chi connectivity index (χ1) is 12.0. The number of rotatable bonds is 2. The summed E-state index contributed by atoms with van der Waals surface area (Å²) >= 11 is 6.21. The number of aliphatic hydroxyl groups is 1. The monoisotopic (exact) mass is 354 g/mol. The van der Waals surface area contributed by atoms with Crippen LogP contribution in [0.1, 0.15) is 37.4 Å². The third kappa shape index (κ3) is 2.76. The van der Waals surface area contributed by atoms with Gasteiger partial charge in [-0.25, -0.2) is 5.01 Å². The molecule has 0 bridgehead atoms. The van der Waals surface area contributed by atoms with Crippen LogP contribution in [0.5, 0.6) is 5.75 Å². The van der Waals surface area contributed by atoms with Crippen LogP contribution in [0.4, 0.5) is 0 Å². The second-order valence-electron chi connectivity index (χ2n) is 6.60. The van der Waals surface area contributed by atoms with Crippen molar-refractivity contribution in [1.82, 2.24) is 5.01 Å². The molecular formula is C20H19ClN2O2. The molecule has 0 aromatic heterocycles. The molecule has 2 aliphatic rings. The van der Waals surface area contributed by atoms with Crippen LogP contribution in [0.15, 0.2) is 65.5 Å². The molecule has 128 valence electrons. The summed E-state index contributed by atoms with van der Waals surface area (Å²) in [6.07, 6.45) is 2.45. The van der Waals surface area contributed by atoms with Gasteiger partial charge >= 0.3 is 0 Å². The molecule has 0 radical (unpaired) electrons. The highest BCUT2D eigenvalue weighted by Crippen LogP contribution is 2.48. The number of allylic oxidation sites excluding steroid dienone is 1. The zero-order valence-corrected chi connectivity index (χ0v) is 14.9. The van der Waals surface area contributed by atoms with Gasteiger partial charge in [0.1, 0.15) is 5.75 Å². The van der Waals surface area contributed by atoms with Gasteiger partial charge in [-0.15, -0.1) is 0 Å². The van der Waals surface area contributed by atoms with Gasteiger partial charge in [0, 0.05) is 30.0 Å². The highest BCUT2D eigenvalue weighted by molar-refractivity contribution is 6.30. The van der Waals surface area contributed by atoms with Crippen molar-refractivity contribution in [2.24, 2.45) is 5.10 Å². The number of nitrogens with zero attached hydrogens (tertiary/aromatic N) is 2. The molecule has 2 aromatic rings. The van der Waals surface area contributed by atoms with Crippen molar-refractivity contribution in [1.29, 1.82) is 0 Å². The molecule has 4 nitrogen and oxygen atoms in total. The predicted octanol–water partition coefficient (Wildman–Crippen LogP) is 5.06. The van der Waals surface area contributed by atoms with Crippen molar-refractivity contribution in [2.45, 2.75) is 32.0 Å². The number of hydrogen-bond donors (Lipinski definition) is 1. The molecule has 0 saturated carbocycles. The number of aliphatic hydroxyl groups excluding tert-OH is 1. The summed E-state index contributed by atoms with van der Waals surface area (Å²) < 4.78 is 6.21. The van der Waals surface area contributed by atoms with Crippen LogP contribution < -0.4 is 4.74 Å².